The summed E-state index contributed by atoms with van der Waals surface area (Å²) in [5, 5.41) is 0. The van der Waals surface area contributed by atoms with E-state index in [-0.39, 0.29) is 10.7 Å². The molecule has 1 aliphatic rings. The number of hydrogen-bond donors (Lipinski definition) is 0. The number of hydrogen-bond acceptors (Lipinski definition) is 4. The van der Waals surface area contributed by atoms with Gasteiger partial charge in [-0.3, -0.25) is 0 Å². The van der Waals surface area contributed by atoms with Crippen LogP contribution in [0.3, 0.4) is 0 Å². The summed E-state index contributed by atoms with van der Waals surface area (Å²) in [6.45, 7) is 0. The molecule has 0 aliphatic heterocycles. The van der Waals surface area contributed by atoms with E-state index in [0.29, 0.717) is 5.92 Å². The van der Waals surface area contributed by atoms with Crippen molar-refractivity contribution in [3.63, 3.8) is 0 Å². The molecule has 0 unspecified atom stereocenters. The third kappa shape index (κ3) is 4.75. The molecule has 156 valence electrons. The van der Waals surface area contributed by atoms with Crippen LogP contribution < -0.4 is 0 Å². The van der Waals surface area contributed by atoms with Gasteiger partial charge in [0.15, 0.2) is 9.84 Å². The zero-order chi connectivity index (χ0) is 21.1. The zero-order valence-electron chi connectivity index (χ0n) is 17.0. The normalized spacial score (nSPS) is 15.3. The lowest BCUT2D eigenvalue weighted by Gasteiger charge is -2.21. The largest absolute Gasteiger partial charge is 0.241 e. The van der Waals surface area contributed by atoms with Gasteiger partial charge in [-0.25, -0.2) is 22.8 Å². The fourth-order valence-electron chi connectivity index (χ4n) is 4.09. The lowest BCUT2D eigenvalue weighted by Crippen LogP contribution is -2.12. The smallest absolute Gasteiger partial charge is 0.175 e. The van der Waals surface area contributed by atoms with Crippen molar-refractivity contribution in [1.82, 2.24) is 9.97 Å². The molecule has 1 saturated carbocycles. The molecule has 30 heavy (non-hydrogen) atoms. The fourth-order valence-corrected chi connectivity index (χ4v) is 4.72. The summed E-state index contributed by atoms with van der Waals surface area (Å²) in [5.74, 6) is 1.12. The quantitative estimate of drug-likeness (QED) is 0.544. The molecular formula is C24H25FN2O2S. The highest BCUT2D eigenvalue weighted by atomic mass is 32.2. The Morgan fingerprint density at radius 1 is 0.933 bits per heavy atom. The number of benzene rings is 2. The van der Waals surface area contributed by atoms with Crippen molar-refractivity contribution in [1.29, 1.82) is 0 Å². The van der Waals surface area contributed by atoms with Gasteiger partial charge in [-0.1, -0.05) is 44.2 Å². The van der Waals surface area contributed by atoms with E-state index in [2.05, 4.69) is 4.98 Å². The predicted molar refractivity (Wildman–Crippen MR) is 116 cm³/mol. The molecule has 3 aromatic rings. The van der Waals surface area contributed by atoms with E-state index in [9.17, 15) is 12.8 Å². The van der Waals surface area contributed by atoms with Crippen LogP contribution in [0, 0.1) is 11.7 Å². The summed E-state index contributed by atoms with van der Waals surface area (Å²) in [6, 6.07) is 13.0. The number of rotatable bonds is 5. The van der Waals surface area contributed by atoms with E-state index in [0.717, 1.165) is 34.6 Å². The summed E-state index contributed by atoms with van der Waals surface area (Å²) in [6.07, 6.45) is 10.1. The van der Waals surface area contributed by atoms with Crippen molar-refractivity contribution in [2.75, 3.05) is 6.26 Å². The number of halogens is 1. The second-order valence-corrected chi connectivity index (χ2v) is 10.1. The van der Waals surface area contributed by atoms with Gasteiger partial charge in [-0.15, -0.1) is 0 Å². The van der Waals surface area contributed by atoms with Gasteiger partial charge >= 0.3 is 0 Å². The molecule has 4 nitrogen and oxygen atoms in total. The third-order valence-electron chi connectivity index (χ3n) is 5.75. The molecule has 1 aliphatic carbocycles. The SMILES string of the molecule is CS(=O)(=O)c1ccc(-c2cnc(CC3CCCCC3)nc2-c2ccc(F)cc2)cc1. The van der Waals surface area contributed by atoms with Crippen LogP contribution in [0.5, 0.6) is 0 Å². The Bertz CT molecular complexity index is 1120. The molecule has 0 amide bonds. The highest BCUT2D eigenvalue weighted by Crippen LogP contribution is 2.32. The van der Waals surface area contributed by atoms with E-state index in [1.807, 2.05) is 0 Å². The highest BCUT2D eigenvalue weighted by molar-refractivity contribution is 7.90. The van der Waals surface area contributed by atoms with Crippen LogP contribution in [0.1, 0.15) is 37.9 Å². The summed E-state index contributed by atoms with van der Waals surface area (Å²) >= 11 is 0. The zero-order valence-corrected chi connectivity index (χ0v) is 17.8. The van der Waals surface area contributed by atoms with Crippen LogP contribution >= 0.6 is 0 Å². The second-order valence-electron chi connectivity index (χ2n) is 8.06. The van der Waals surface area contributed by atoms with Gasteiger partial charge in [0, 0.05) is 30.0 Å². The average molecular weight is 425 g/mol. The summed E-state index contributed by atoms with van der Waals surface area (Å²) in [4.78, 5) is 9.75. The van der Waals surface area contributed by atoms with Crippen molar-refractivity contribution in [2.24, 2.45) is 5.92 Å². The van der Waals surface area contributed by atoms with Gasteiger partial charge in [0.25, 0.3) is 0 Å². The third-order valence-corrected chi connectivity index (χ3v) is 6.87. The Hall–Kier alpha value is -2.60. The van der Waals surface area contributed by atoms with Crippen LogP contribution in [-0.4, -0.2) is 24.6 Å². The van der Waals surface area contributed by atoms with Crippen molar-refractivity contribution in [3.8, 4) is 22.4 Å². The van der Waals surface area contributed by atoms with Crippen molar-refractivity contribution >= 4 is 9.84 Å². The maximum Gasteiger partial charge on any atom is 0.175 e. The summed E-state index contributed by atoms with van der Waals surface area (Å²) in [5.41, 5.74) is 3.17. The molecule has 0 radical (unpaired) electrons. The van der Waals surface area contributed by atoms with Gasteiger partial charge < -0.3 is 0 Å². The molecule has 0 N–H and O–H groups in total. The first-order valence-electron chi connectivity index (χ1n) is 10.3. The van der Waals surface area contributed by atoms with Crippen LogP contribution in [-0.2, 0) is 16.3 Å². The lowest BCUT2D eigenvalue weighted by atomic mass is 9.87. The minimum atomic E-state index is -3.26. The molecular weight excluding hydrogens is 399 g/mol. The van der Waals surface area contributed by atoms with E-state index in [4.69, 9.17) is 4.98 Å². The van der Waals surface area contributed by atoms with Gasteiger partial charge in [0.05, 0.1) is 10.6 Å². The fraction of sp³-hybridized carbons (Fsp3) is 0.333. The molecule has 0 atom stereocenters. The van der Waals surface area contributed by atoms with Crippen molar-refractivity contribution in [3.05, 3.63) is 66.4 Å². The molecule has 6 heteroatoms. The van der Waals surface area contributed by atoms with Gasteiger partial charge in [0.1, 0.15) is 11.6 Å². The average Bonchev–Trinajstić information content (AvgIpc) is 2.74. The van der Waals surface area contributed by atoms with Gasteiger partial charge in [0.2, 0.25) is 0 Å². The van der Waals surface area contributed by atoms with Crippen LogP contribution in [0.25, 0.3) is 22.4 Å². The van der Waals surface area contributed by atoms with E-state index in [1.54, 1.807) is 42.6 Å². The first-order chi connectivity index (χ1) is 14.4. The number of aromatic nitrogens is 2. The Morgan fingerprint density at radius 3 is 2.20 bits per heavy atom. The minimum Gasteiger partial charge on any atom is -0.241 e. The highest BCUT2D eigenvalue weighted by Gasteiger charge is 2.18. The number of nitrogens with zero attached hydrogens (tertiary/aromatic N) is 2. The first-order valence-corrected chi connectivity index (χ1v) is 12.2. The van der Waals surface area contributed by atoms with Crippen molar-refractivity contribution < 1.29 is 12.8 Å². The maximum atomic E-state index is 13.5. The second kappa shape index (κ2) is 8.64. The molecule has 0 saturated heterocycles. The monoisotopic (exact) mass is 424 g/mol. The topological polar surface area (TPSA) is 59.9 Å². The van der Waals surface area contributed by atoms with Gasteiger partial charge in [-0.05, 0) is 47.9 Å². The van der Waals surface area contributed by atoms with Crippen LogP contribution in [0.2, 0.25) is 0 Å². The van der Waals surface area contributed by atoms with Crippen molar-refractivity contribution in [2.45, 2.75) is 43.4 Å². The molecule has 1 heterocycles. The Labute approximate surface area is 177 Å². The Kier molecular flexibility index (Phi) is 5.95. The number of sulfone groups is 1. The molecule has 0 spiro atoms. The van der Waals surface area contributed by atoms with E-state index in [1.165, 1.54) is 50.5 Å². The molecule has 0 bridgehead atoms. The summed E-state index contributed by atoms with van der Waals surface area (Å²) in [7, 11) is -3.26. The van der Waals surface area contributed by atoms with E-state index >= 15 is 0 Å². The lowest BCUT2D eigenvalue weighted by molar-refractivity contribution is 0.351. The van der Waals surface area contributed by atoms with E-state index < -0.39 is 9.84 Å². The van der Waals surface area contributed by atoms with Crippen LogP contribution in [0.15, 0.2) is 59.6 Å². The minimum absolute atomic E-state index is 0.268. The van der Waals surface area contributed by atoms with Crippen LogP contribution in [0.4, 0.5) is 4.39 Å². The summed E-state index contributed by atoms with van der Waals surface area (Å²) < 4.78 is 37.0. The predicted octanol–water partition coefficient (Wildman–Crippen LogP) is 5.48. The Morgan fingerprint density at radius 2 is 1.57 bits per heavy atom. The first kappa shape index (κ1) is 20.7. The molecule has 2 aromatic carbocycles. The Balaban J connectivity index is 1.74. The molecule has 1 fully saturated rings. The standard InChI is InChI=1S/C24H25FN2O2S/c1-30(28,29)21-13-9-18(10-14-21)22-16-26-23(15-17-5-3-2-4-6-17)27-24(22)19-7-11-20(25)12-8-19/h7-14,16-17H,2-6,15H2,1H3. The van der Waals surface area contributed by atoms with Gasteiger partial charge in [-0.2, -0.15) is 0 Å². The molecule has 4 rings (SSSR count). The maximum absolute atomic E-state index is 13.5. The molecule has 1 aromatic heterocycles.